The van der Waals surface area contributed by atoms with Crippen molar-refractivity contribution in [2.45, 2.75) is 37.7 Å². The van der Waals surface area contributed by atoms with Crippen LogP contribution in [0.25, 0.3) is 16.8 Å². The number of hydrogen-bond donors (Lipinski definition) is 2. The number of nitrogens with two attached hydrogens (primary N) is 1. The van der Waals surface area contributed by atoms with Crippen molar-refractivity contribution < 1.29 is 14.2 Å². The van der Waals surface area contributed by atoms with Crippen LogP contribution in [0.15, 0.2) is 54.9 Å². The first-order chi connectivity index (χ1) is 15.5. The van der Waals surface area contributed by atoms with Crippen LogP contribution in [0.3, 0.4) is 0 Å². The number of aliphatic hydroxyl groups is 1. The second kappa shape index (κ2) is 8.41. The molecule has 6 nitrogen and oxygen atoms in total. The number of aromatic nitrogens is 3. The lowest BCUT2D eigenvalue weighted by molar-refractivity contribution is 0.121. The van der Waals surface area contributed by atoms with Gasteiger partial charge in [-0.1, -0.05) is 17.7 Å². The fraction of sp³-hybridized carbons (Fsp3) is 0.250. The molecule has 0 amide bonds. The molecule has 164 valence electrons. The van der Waals surface area contributed by atoms with Gasteiger partial charge in [0.25, 0.3) is 0 Å². The normalized spacial score (nSPS) is 18.7. The Kier molecular flexibility index (Phi) is 5.45. The molecule has 1 saturated carbocycles. The molecule has 8 heteroatoms. The largest absolute Gasteiger partial charge is 0.454 e. The van der Waals surface area contributed by atoms with Gasteiger partial charge in [-0.2, -0.15) is 0 Å². The molecule has 2 aromatic carbocycles. The van der Waals surface area contributed by atoms with Crippen LogP contribution in [0, 0.1) is 5.82 Å². The lowest BCUT2D eigenvalue weighted by Crippen LogP contribution is -2.18. The van der Waals surface area contributed by atoms with E-state index in [0.717, 1.165) is 48.3 Å². The minimum Gasteiger partial charge on any atom is -0.454 e. The quantitative estimate of drug-likeness (QED) is 0.422. The Bertz CT molecular complexity index is 1270. The maximum absolute atomic E-state index is 14.1. The summed E-state index contributed by atoms with van der Waals surface area (Å²) in [6.45, 7) is 0. The first kappa shape index (κ1) is 20.7. The van der Waals surface area contributed by atoms with Gasteiger partial charge in [0.15, 0.2) is 11.6 Å². The number of fused-ring (bicyclic) bond motifs is 1. The second-order valence-electron chi connectivity index (χ2n) is 8.03. The van der Waals surface area contributed by atoms with Crippen LogP contribution in [0.4, 0.5) is 10.2 Å². The van der Waals surface area contributed by atoms with Gasteiger partial charge in [-0.3, -0.25) is 4.40 Å². The lowest BCUT2D eigenvalue weighted by Gasteiger charge is -2.24. The molecule has 0 saturated heterocycles. The molecule has 4 aromatic rings. The first-order valence-electron chi connectivity index (χ1n) is 10.5. The average Bonchev–Trinajstić information content (AvgIpc) is 3.19. The predicted molar refractivity (Wildman–Crippen MR) is 122 cm³/mol. The number of hydrogen-bond acceptors (Lipinski definition) is 5. The van der Waals surface area contributed by atoms with E-state index in [0.29, 0.717) is 11.6 Å². The summed E-state index contributed by atoms with van der Waals surface area (Å²) in [6, 6.07) is 11.9. The minimum absolute atomic E-state index is 0.00864. The zero-order valence-electron chi connectivity index (χ0n) is 17.2. The summed E-state index contributed by atoms with van der Waals surface area (Å²) in [6.07, 6.45) is 6.59. The molecule has 0 aliphatic heterocycles. The van der Waals surface area contributed by atoms with E-state index >= 15 is 0 Å². The molecule has 0 unspecified atom stereocenters. The van der Waals surface area contributed by atoms with Crippen molar-refractivity contribution >= 4 is 22.9 Å². The Morgan fingerprint density at radius 1 is 1.09 bits per heavy atom. The monoisotopic (exact) mass is 452 g/mol. The number of aliphatic hydroxyl groups excluding tert-OH is 1. The molecule has 1 fully saturated rings. The molecule has 0 spiro atoms. The zero-order chi connectivity index (χ0) is 22.2. The van der Waals surface area contributed by atoms with Crippen LogP contribution >= 0.6 is 11.6 Å². The number of benzene rings is 2. The summed E-state index contributed by atoms with van der Waals surface area (Å²) in [5, 5.41) is 9.89. The Morgan fingerprint density at radius 2 is 1.84 bits per heavy atom. The Morgan fingerprint density at radius 3 is 2.59 bits per heavy atom. The zero-order valence-corrected chi connectivity index (χ0v) is 18.0. The second-order valence-corrected chi connectivity index (χ2v) is 8.44. The maximum atomic E-state index is 14.1. The number of rotatable bonds is 4. The molecule has 2 aromatic heterocycles. The van der Waals surface area contributed by atoms with Crippen LogP contribution in [0.1, 0.15) is 37.4 Å². The Hall–Kier alpha value is -3.16. The van der Waals surface area contributed by atoms with Crippen molar-refractivity contribution in [1.29, 1.82) is 0 Å². The number of nitrogen functional groups attached to an aromatic ring is 1. The van der Waals surface area contributed by atoms with Gasteiger partial charge in [-0.25, -0.2) is 14.4 Å². The highest BCUT2D eigenvalue weighted by Gasteiger charge is 2.26. The molecule has 0 radical (unpaired) electrons. The molecule has 1 aliphatic rings. The van der Waals surface area contributed by atoms with Gasteiger partial charge < -0.3 is 15.6 Å². The van der Waals surface area contributed by atoms with Crippen molar-refractivity contribution in [3.05, 3.63) is 71.5 Å². The fourth-order valence-corrected chi connectivity index (χ4v) is 4.45. The molecule has 32 heavy (non-hydrogen) atoms. The number of ether oxygens (including phenoxy) is 1. The lowest BCUT2D eigenvalue weighted by atomic mass is 9.87. The third kappa shape index (κ3) is 3.78. The molecule has 3 N–H and O–H groups in total. The van der Waals surface area contributed by atoms with Gasteiger partial charge in [0, 0.05) is 23.9 Å². The summed E-state index contributed by atoms with van der Waals surface area (Å²) in [5.74, 6) is 1.52. The molecule has 2 heterocycles. The number of nitrogens with zero attached hydrogens (tertiary/aromatic N) is 3. The van der Waals surface area contributed by atoms with E-state index in [1.807, 2.05) is 22.7 Å². The van der Waals surface area contributed by atoms with Crippen LogP contribution in [-0.2, 0) is 0 Å². The summed E-state index contributed by atoms with van der Waals surface area (Å²) < 4.78 is 21.8. The van der Waals surface area contributed by atoms with Crippen molar-refractivity contribution in [3.8, 4) is 22.8 Å². The van der Waals surface area contributed by atoms with Gasteiger partial charge in [0.1, 0.15) is 28.6 Å². The highest BCUT2D eigenvalue weighted by atomic mass is 35.5. The standard InChI is InChI=1S/C24H22ClFN4O2/c25-18-2-1-3-19(20(18)26)32-17-10-6-14(7-11-17)21-22-23(27)28-12-13-30(22)24(29-21)15-4-8-16(31)9-5-15/h1-3,6-7,10-13,15-16,31H,4-5,8-9H2,(H2,27,28). The van der Waals surface area contributed by atoms with Crippen LogP contribution in [-0.4, -0.2) is 25.6 Å². The van der Waals surface area contributed by atoms with Crippen molar-refractivity contribution in [1.82, 2.24) is 14.4 Å². The van der Waals surface area contributed by atoms with E-state index in [1.165, 1.54) is 12.1 Å². The number of halogens is 2. The van der Waals surface area contributed by atoms with E-state index in [1.54, 1.807) is 24.4 Å². The van der Waals surface area contributed by atoms with E-state index in [9.17, 15) is 9.50 Å². The van der Waals surface area contributed by atoms with Crippen molar-refractivity contribution in [2.24, 2.45) is 0 Å². The minimum atomic E-state index is -0.598. The van der Waals surface area contributed by atoms with Gasteiger partial charge in [-0.05, 0) is 62.1 Å². The first-order valence-corrected chi connectivity index (χ1v) is 10.9. The molecule has 0 bridgehead atoms. The summed E-state index contributed by atoms with van der Waals surface area (Å²) >= 11 is 5.83. The predicted octanol–water partition coefficient (Wildman–Crippen LogP) is 5.58. The van der Waals surface area contributed by atoms with E-state index < -0.39 is 5.82 Å². The van der Waals surface area contributed by atoms with Gasteiger partial charge in [-0.15, -0.1) is 0 Å². The molecule has 1 aliphatic carbocycles. The van der Waals surface area contributed by atoms with E-state index in [-0.39, 0.29) is 22.8 Å². The highest BCUT2D eigenvalue weighted by Crippen LogP contribution is 2.37. The molecule has 0 atom stereocenters. The van der Waals surface area contributed by atoms with E-state index in [4.69, 9.17) is 27.1 Å². The smallest absolute Gasteiger partial charge is 0.184 e. The summed E-state index contributed by atoms with van der Waals surface area (Å²) in [4.78, 5) is 9.20. The van der Waals surface area contributed by atoms with Gasteiger partial charge >= 0.3 is 0 Å². The third-order valence-corrected chi connectivity index (χ3v) is 6.24. The Balaban J connectivity index is 1.50. The number of anilines is 1. The van der Waals surface area contributed by atoms with E-state index in [2.05, 4.69) is 4.98 Å². The summed E-state index contributed by atoms with van der Waals surface area (Å²) in [5.41, 5.74) is 8.57. The van der Waals surface area contributed by atoms with Gasteiger partial charge in [0.05, 0.1) is 11.1 Å². The van der Waals surface area contributed by atoms with Crippen LogP contribution in [0.2, 0.25) is 5.02 Å². The van der Waals surface area contributed by atoms with Crippen LogP contribution < -0.4 is 10.5 Å². The SMILES string of the molecule is Nc1nccn2c(C3CCC(O)CC3)nc(-c3ccc(Oc4cccc(Cl)c4F)cc3)c12. The van der Waals surface area contributed by atoms with Crippen molar-refractivity contribution in [3.63, 3.8) is 0 Å². The topological polar surface area (TPSA) is 85.7 Å². The maximum Gasteiger partial charge on any atom is 0.184 e. The molecular weight excluding hydrogens is 431 g/mol. The third-order valence-electron chi connectivity index (χ3n) is 5.94. The molecule has 5 rings (SSSR count). The van der Waals surface area contributed by atoms with Crippen molar-refractivity contribution in [2.75, 3.05) is 5.73 Å². The average molecular weight is 453 g/mol. The van der Waals surface area contributed by atoms with Crippen LogP contribution in [0.5, 0.6) is 11.5 Å². The molecular formula is C24H22ClFN4O2. The fourth-order valence-electron chi connectivity index (χ4n) is 4.28. The number of imidazole rings is 1. The summed E-state index contributed by atoms with van der Waals surface area (Å²) in [7, 11) is 0. The Labute approximate surface area is 189 Å². The highest BCUT2D eigenvalue weighted by molar-refractivity contribution is 6.30. The van der Waals surface area contributed by atoms with Gasteiger partial charge in [0.2, 0.25) is 0 Å².